The number of hydrogen-bond donors (Lipinski definition) is 2. The molecule has 4 nitrogen and oxygen atoms in total. The molecule has 0 bridgehead atoms. The number of nitrogens with two attached hydrogens (primary N) is 1. The van der Waals surface area contributed by atoms with E-state index in [2.05, 4.69) is 4.37 Å². The standard InChI is InChI=1S/C5H6N2O2S/c6-1-4-3(5(8)9)2-7-10-4/h2H,1,6H2,(H,8,9). The second-order valence-corrected chi connectivity index (χ2v) is 2.56. The minimum atomic E-state index is -0.964. The molecule has 0 aliphatic carbocycles. The Hall–Kier alpha value is -0.940. The smallest absolute Gasteiger partial charge is 0.338 e. The Bertz CT molecular complexity index is 246. The van der Waals surface area contributed by atoms with E-state index in [1.54, 1.807) is 0 Å². The third kappa shape index (κ3) is 1.14. The van der Waals surface area contributed by atoms with Gasteiger partial charge in [-0.15, -0.1) is 0 Å². The maximum absolute atomic E-state index is 10.4. The van der Waals surface area contributed by atoms with Crippen molar-refractivity contribution in [2.45, 2.75) is 6.54 Å². The molecule has 0 saturated heterocycles. The third-order valence-electron chi connectivity index (χ3n) is 1.06. The number of nitrogens with zero attached hydrogens (tertiary/aromatic N) is 1. The average molecular weight is 158 g/mol. The van der Waals surface area contributed by atoms with E-state index < -0.39 is 5.97 Å². The molecule has 54 valence electrons. The van der Waals surface area contributed by atoms with E-state index in [9.17, 15) is 4.79 Å². The molecule has 1 aromatic heterocycles. The molecule has 5 heteroatoms. The van der Waals surface area contributed by atoms with Crippen LogP contribution in [0.25, 0.3) is 0 Å². The number of hydrogen-bond acceptors (Lipinski definition) is 4. The van der Waals surface area contributed by atoms with E-state index >= 15 is 0 Å². The minimum Gasteiger partial charge on any atom is -0.478 e. The topological polar surface area (TPSA) is 76.2 Å². The highest BCUT2D eigenvalue weighted by molar-refractivity contribution is 7.06. The van der Waals surface area contributed by atoms with Crippen LogP contribution >= 0.6 is 11.5 Å². The van der Waals surface area contributed by atoms with Gasteiger partial charge in [0.15, 0.2) is 0 Å². The van der Waals surface area contributed by atoms with Crippen LogP contribution in [0.5, 0.6) is 0 Å². The molecule has 0 saturated carbocycles. The van der Waals surface area contributed by atoms with Gasteiger partial charge >= 0.3 is 5.97 Å². The summed E-state index contributed by atoms with van der Waals surface area (Å²) < 4.78 is 3.70. The Morgan fingerprint density at radius 1 is 1.90 bits per heavy atom. The summed E-state index contributed by atoms with van der Waals surface area (Å²) >= 11 is 1.12. The lowest BCUT2D eigenvalue weighted by atomic mass is 10.3. The molecule has 1 rings (SSSR count). The lowest BCUT2D eigenvalue weighted by Gasteiger charge is -1.89. The summed E-state index contributed by atoms with van der Waals surface area (Å²) in [5.74, 6) is -0.964. The second-order valence-electron chi connectivity index (χ2n) is 1.67. The Morgan fingerprint density at radius 3 is 3.00 bits per heavy atom. The van der Waals surface area contributed by atoms with Gasteiger partial charge in [-0.05, 0) is 11.5 Å². The van der Waals surface area contributed by atoms with Crippen molar-refractivity contribution in [1.29, 1.82) is 0 Å². The van der Waals surface area contributed by atoms with Crippen molar-refractivity contribution in [3.05, 3.63) is 16.6 Å². The zero-order valence-corrected chi connectivity index (χ0v) is 5.89. The predicted octanol–water partition coefficient (Wildman–Crippen LogP) is 0.300. The summed E-state index contributed by atoms with van der Waals surface area (Å²) in [6.45, 7) is 0.242. The molecule has 0 spiro atoms. The molecule has 0 radical (unpaired) electrons. The summed E-state index contributed by atoms with van der Waals surface area (Å²) in [4.78, 5) is 11.0. The molecule has 0 aliphatic heterocycles. The van der Waals surface area contributed by atoms with Gasteiger partial charge in [0.1, 0.15) is 0 Å². The van der Waals surface area contributed by atoms with Gasteiger partial charge in [0.2, 0.25) is 0 Å². The fraction of sp³-hybridized carbons (Fsp3) is 0.200. The van der Waals surface area contributed by atoms with Crippen LogP contribution in [-0.4, -0.2) is 15.4 Å². The van der Waals surface area contributed by atoms with Gasteiger partial charge in [0, 0.05) is 6.54 Å². The SMILES string of the molecule is NCc1sncc1C(=O)O. The highest BCUT2D eigenvalue weighted by Gasteiger charge is 2.09. The first-order chi connectivity index (χ1) is 4.75. The molecular formula is C5H6N2O2S. The van der Waals surface area contributed by atoms with Gasteiger partial charge in [-0.2, -0.15) is 4.37 Å². The van der Waals surface area contributed by atoms with E-state index in [1.807, 2.05) is 0 Å². The van der Waals surface area contributed by atoms with Gasteiger partial charge < -0.3 is 10.8 Å². The highest BCUT2D eigenvalue weighted by Crippen LogP contribution is 2.11. The molecule has 0 unspecified atom stereocenters. The van der Waals surface area contributed by atoms with E-state index in [-0.39, 0.29) is 12.1 Å². The Morgan fingerprint density at radius 2 is 2.60 bits per heavy atom. The number of carbonyl (C=O) groups is 1. The van der Waals surface area contributed by atoms with Crippen LogP contribution in [0, 0.1) is 0 Å². The number of aromatic nitrogens is 1. The van der Waals surface area contributed by atoms with Crippen molar-refractivity contribution in [3.8, 4) is 0 Å². The molecule has 0 fully saturated rings. The summed E-state index contributed by atoms with van der Waals surface area (Å²) in [5.41, 5.74) is 5.46. The minimum absolute atomic E-state index is 0.215. The van der Waals surface area contributed by atoms with Crippen molar-refractivity contribution >= 4 is 17.5 Å². The van der Waals surface area contributed by atoms with Crippen LogP contribution in [0.2, 0.25) is 0 Å². The van der Waals surface area contributed by atoms with Crippen molar-refractivity contribution in [3.63, 3.8) is 0 Å². The van der Waals surface area contributed by atoms with E-state index in [4.69, 9.17) is 10.8 Å². The molecule has 3 N–H and O–H groups in total. The van der Waals surface area contributed by atoms with Gasteiger partial charge in [0.25, 0.3) is 0 Å². The maximum Gasteiger partial charge on any atom is 0.338 e. The number of aromatic carboxylic acids is 1. The van der Waals surface area contributed by atoms with E-state index in [1.165, 1.54) is 6.20 Å². The maximum atomic E-state index is 10.4. The predicted molar refractivity (Wildman–Crippen MR) is 37.0 cm³/mol. The zero-order valence-electron chi connectivity index (χ0n) is 5.07. The van der Waals surface area contributed by atoms with Crippen molar-refractivity contribution in [1.82, 2.24) is 4.37 Å². The lowest BCUT2D eigenvalue weighted by molar-refractivity contribution is 0.0696. The fourth-order valence-corrected chi connectivity index (χ4v) is 1.18. The van der Waals surface area contributed by atoms with E-state index in [0.717, 1.165) is 11.5 Å². The molecule has 1 aromatic rings. The number of rotatable bonds is 2. The van der Waals surface area contributed by atoms with Gasteiger partial charge in [-0.1, -0.05) is 0 Å². The Balaban J connectivity index is 3.01. The molecule has 0 atom stereocenters. The van der Waals surface area contributed by atoms with Crippen LogP contribution in [0.4, 0.5) is 0 Å². The Kier molecular flexibility index (Phi) is 1.98. The van der Waals surface area contributed by atoms with Gasteiger partial charge in [0.05, 0.1) is 16.6 Å². The van der Waals surface area contributed by atoms with Crippen molar-refractivity contribution in [2.24, 2.45) is 5.73 Å². The third-order valence-corrected chi connectivity index (χ3v) is 1.88. The lowest BCUT2D eigenvalue weighted by Crippen LogP contribution is -2.02. The quantitative estimate of drug-likeness (QED) is 0.649. The first-order valence-electron chi connectivity index (χ1n) is 2.62. The number of carboxylic acids is 1. The number of carboxylic acid groups (broad SMARTS) is 1. The summed E-state index contributed by atoms with van der Waals surface area (Å²) in [7, 11) is 0. The van der Waals surface area contributed by atoms with Crippen LogP contribution < -0.4 is 5.73 Å². The zero-order chi connectivity index (χ0) is 7.56. The first-order valence-corrected chi connectivity index (χ1v) is 3.40. The van der Waals surface area contributed by atoms with Crippen molar-refractivity contribution < 1.29 is 9.90 Å². The largest absolute Gasteiger partial charge is 0.478 e. The Labute approximate surface area is 61.5 Å². The van der Waals surface area contributed by atoms with Gasteiger partial charge in [-0.25, -0.2) is 4.79 Å². The normalized spacial score (nSPS) is 9.70. The summed E-state index contributed by atoms with van der Waals surface area (Å²) in [5, 5.41) is 8.50. The summed E-state index contributed by atoms with van der Waals surface area (Å²) in [6.07, 6.45) is 1.31. The van der Waals surface area contributed by atoms with Crippen molar-refractivity contribution in [2.75, 3.05) is 0 Å². The molecule has 0 aromatic carbocycles. The first kappa shape index (κ1) is 7.17. The molecular weight excluding hydrogens is 152 g/mol. The van der Waals surface area contributed by atoms with Crippen LogP contribution in [0.3, 0.4) is 0 Å². The monoisotopic (exact) mass is 158 g/mol. The fourth-order valence-electron chi connectivity index (χ4n) is 0.586. The van der Waals surface area contributed by atoms with Crippen LogP contribution in [-0.2, 0) is 6.54 Å². The van der Waals surface area contributed by atoms with E-state index in [0.29, 0.717) is 4.88 Å². The molecule has 0 aliphatic rings. The average Bonchev–Trinajstić information content (AvgIpc) is 2.33. The molecule has 1 heterocycles. The second kappa shape index (κ2) is 2.76. The molecule has 10 heavy (non-hydrogen) atoms. The van der Waals surface area contributed by atoms with Crippen LogP contribution in [0.1, 0.15) is 15.2 Å². The van der Waals surface area contributed by atoms with Gasteiger partial charge in [-0.3, -0.25) is 0 Å². The summed E-state index contributed by atoms with van der Waals surface area (Å²) in [6, 6.07) is 0. The van der Waals surface area contributed by atoms with Crippen LogP contribution in [0.15, 0.2) is 6.20 Å². The molecule has 0 amide bonds. The highest BCUT2D eigenvalue weighted by atomic mass is 32.1.